The van der Waals surface area contributed by atoms with E-state index in [2.05, 4.69) is 10.6 Å². The second kappa shape index (κ2) is 10.1. The minimum Gasteiger partial charge on any atom is -0.357 e. The van der Waals surface area contributed by atoms with Gasteiger partial charge in [0.2, 0.25) is 17.7 Å². The number of para-hydroxylation sites is 1. The third-order valence-electron chi connectivity index (χ3n) is 7.37. The summed E-state index contributed by atoms with van der Waals surface area (Å²) in [6.07, 6.45) is -6.42. The first-order valence-corrected chi connectivity index (χ1v) is 12.1. The van der Waals surface area contributed by atoms with Crippen molar-refractivity contribution in [3.05, 3.63) is 29.8 Å². The van der Waals surface area contributed by atoms with Crippen LogP contribution in [0.4, 0.5) is 27.6 Å². The number of fused-ring (bicyclic) bond motifs is 1. The number of nitrogens with one attached hydrogen (secondary N) is 3. The molecule has 1 fully saturated rings. The van der Waals surface area contributed by atoms with Gasteiger partial charge in [-0.2, -0.15) is 27.2 Å². The lowest BCUT2D eigenvalue weighted by Gasteiger charge is -2.41. The molecule has 1 saturated heterocycles. The van der Waals surface area contributed by atoms with E-state index in [4.69, 9.17) is 0 Å². The molecule has 4 atom stereocenters. The van der Waals surface area contributed by atoms with Crippen molar-refractivity contribution in [3.63, 3.8) is 0 Å². The molecule has 0 aliphatic carbocycles. The maximum absolute atomic E-state index is 15.9. The summed E-state index contributed by atoms with van der Waals surface area (Å²) < 4.78 is 71.4. The molecule has 0 bridgehead atoms. The Labute approximate surface area is 221 Å². The monoisotopic (exact) mass is 557 g/mol. The first kappa shape index (κ1) is 29.8. The van der Waals surface area contributed by atoms with Crippen molar-refractivity contribution in [3.8, 4) is 6.07 Å². The topological polar surface area (TPSA) is 131 Å². The van der Waals surface area contributed by atoms with Crippen LogP contribution in [0.15, 0.2) is 24.3 Å². The van der Waals surface area contributed by atoms with Gasteiger partial charge >= 0.3 is 12.1 Å². The highest BCUT2D eigenvalue weighted by molar-refractivity contribution is 6.02. The normalized spacial score (nSPS) is 24.3. The highest BCUT2D eigenvalue weighted by Gasteiger charge is 2.68. The molecule has 4 amide bonds. The molecule has 2 heterocycles. The fourth-order valence-corrected chi connectivity index (χ4v) is 5.28. The van der Waals surface area contributed by atoms with Crippen molar-refractivity contribution in [2.24, 2.45) is 17.3 Å². The SMILES string of the molecule is CNC(=O)C(C)(NC(=O)C(F)(F)F)[C@H](CC(C)C)C(=O)N1C[C@]2(C[C@H]1C#N)C(=O)Nc1ccccc1C2(F)F. The van der Waals surface area contributed by atoms with Gasteiger partial charge in [-0.25, -0.2) is 0 Å². The summed E-state index contributed by atoms with van der Waals surface area (Å²) >= 11 is 0. The number of anilines is 1. The maximum atomic E-state index is 15.9. The van der Waals surface area contributed by atoms with Gasteiger partial charge < -0.3 is 20.9 Å². The number of benzene rings is 1. The zero-order chi connectivity index (χ0) is 29.6. The molecule has 0 saturated carbocycles. The van der Waals surface area contributed by atoms with Crippen LogP contribution >= 0.6 is 0 Å². The number of rotatable bonds is 6. The molecule has 1 aromatic carbocycles. The predicted molar refractivity (Wildman–Crippen MR) is 127 cm³/mol. The van der Waals surface area contributed by atoms with Gasteiger partial charge in [0.25, 0.3) is 5.92 Å². The van der Waals surface area contributed by atoms with Crippen molar-refractivity contribution < 1.29 is 41.1 Å². The number of hydrogen-bond acceptors (Lipinski definition) is 5. The van der Waals surface area contributed by atoms with Crippen molar-refractivity contribution in [2.45, 2.75) is 57.3 Å². The molecule has 14 heteroatoms. The van der Waals surface area contributed by atoms with Crippen LogP contribution in [0.5, 0.6) is 0 Å². The van der Waals surface area contributed by atoms with Crippen LogP contribution < -0.4 is 16.0 Å². The Balaban J connectivity index is 2.10. The van der Waals surface area contributed by atoms with Crippen molar-refractivity contribution >= 4 is 29.3 Å². The lowest BCUT2D eigenvalue weighted by atomic mass is 9.72. The van der Waals surface area contributed by atoms with Gasteiger partial charge in [-0.15, -0.1) is 0 Å². The first-order chi connectivity index (χ1) is 18.0. The van der Waals surface area contributed by atoms with E-state index in [1.807, 2.05) is 0 Å². The van der Waals surface area contributed by atoms with E-state index in [1.54, 1.807) is 25.2 Å². The average molecular weight is 558 g/mol. The number of hydrogen-bond donors (Lipinski definition) is 3. The summed E-state index contributed by atoms with van der Waals surface area (Å²) in [5.74, 6) is -11.8. The minimum atomic E-state index is -5.40. The Hall–Kier alpha value is -3.76. The second-order valence-corrected chi connectivity index (χ2v) is 10.4. The summed E-state index contributed by atoms with van der Waals surface area (Å²) in [6.45, 7) is 3.18. The standard InChI is InChI=1S/C25H28F5N5O4/c1-13(2)9-16(22(3,19(37)32-4)34-21(39)25(28,29)30)18(36)35-12-23(10-14(35)11-31)20(38)33-17-8-6-5-7-15(17)24(23,26)27/h5-8,13-14,16H,9-10,12H2,1-4H3,(H,32,37)(H,33,38)(H,34,39)/t14-,16+,22?,23+/m0/s1. The molecule has 1 spiro atoms. The summed E-state index contributed by atoms with van der Waals surface area (Å²) in [6, 6.07) is 5.35. The predicted octanol–water partition coefficient (Wildman–Crippen LogP) is 2.69. The van der Waals surface area contributed by atoms with E-state index in [0.717, 1.165) is 20.0 Å². The molecule has 0 radical (unpaired) electrons. The smallest absolute Gasteiger partial charge is 0.357 e. The number of halogens is 5. The average Bonchev–Trinajstić information content (AvgIpc) is 3.26. The number of likely N-dealkylation sites (tertiary alicyclic amines) is 1. The number of carbonyl (C=O) groups is 4. The number of carbonyl (C=O) groups excluding carboxylic acids is 4. The number of nitriles is 1. The molecule has 3 N–H and O–H groups in total. The van der Waals surface area contributed by atoms with Gasteiger partial charge in [0.05, 0.1) is 12.0 Å². The van der Waals surface area contributed by atoms with Crippen LogP contribution in [0.25, 0.3) is 0 Å². The molecule has 1 aromatic rings. The zero-order valence-electron chi connectivity index (χ0n) is 21.6. The van der Waals surface area contributed by atoms with Gasteiger partial charge in [0.1, 0.15) is 17.0 Å². The quantitative estimate of drug-likeness (QED) is 0.463. The van der Waals surface area contributed by atoms with Crippen LogP contribution in [-0.4, -0.2) is 59.9 Å². The van der Waals surface area contributed by atoms with Crippen LogP contribution in [-0.2, 0) is 25.1 Å². The minimum absolute atomic E-state index is 0.129. The van der Waals surface area contributed by atoms with Gasteiger partial charge in [0.15, 0.2) is 0 Å². The Morgan fingerprint density at radius 3 is 2.36 bits per heavy atom. The van der Waals surface area contributed by atoms with E-state index < -0.39 is 83.1 Å². The molecular weight excluding hydrogens is 529 g/mol. The summed E-state index contributed by atoms with van der Waals surface area (Å²) in [5, 5.41) is 15.9. The Morgan fingerprint density at radius 1 is 1.21 bits per heavy atom. The van der Waals surface area contributed by atoms with Crippen molar-refractivity contribution in [2.75, 3.05) is 18.9 Å². The fraction of sp³-hybridized carbons (Fsp3) is 0.560. The summed E-state index contributed by atoms with van der Waals surface area (Å²) in [5.41, 5.74) is -5.68. The van der Waals surface area contributed by atoms with Crippen LogP contribution in [0.3, 0.4) is 0 Å². The summed E-state index contributed by atoms with van der Waals surface area (Å²) in [7, 11) is 1.09. The van der Waals surface area contributed by atoms with Crippen LogP contribution in [0.1, 0.15) is 39.2 Å². The second-order valence-electron chi connectivity index (χ2n) is 10.4. The summed E-state index contributed by atoms with van der Waals surface area (Å²) in [4.78, 5) is 52.5. The largest absolute Gasteiger partial charge is 0.471 e. The van der Waals surface area contributed by atoms with Gasteiger partial charge in [-0.1, -0.05) is 32.0 Å². The third-order valence-corrected chi connectivity index (χ3v) is 7.37. The fourth-order valence-electron chi connectivity index (χ4n) is 5.28. The first-order valence-electron chi connectivity index (χ1n) is 12.1. The van der Waals surface area contributed by atoms with Crippen molar-refractivity contribution in [1.29, 1.82) is 5.26 Å². The lowest BCUT2D eigenvalue weighted by Crippen LogP contribution is -2.66. The van der Waals surface area contributed by atoms with Gasteiger partial charge in [-0.3, -0.25) is 19.2 Å². The third kappa shape index (κ3) is 4.90. The van der Waals surface area contributed by atoms with Crippen LogP contribution in [0, 0.1) is 28.6 Å². The molecule has 1 unspecified atom stereocenters. The number of alkyl halides is 5. The maximum Gasteiger partial charge on any atom is 0.471 e. The van der Waals surface area contributed by atoms with E-state index in [-0.39, 0.29) is 12.1 Å². The zero-order valence-corrected chi connectivity index (χ0v) is 21.6. The van der Waals surface area contributed by atoms with Crippen molar-refractivity contribution in [1.82, 2.24) is 15.5 Å². The Morgan fingerprint density at radius 2 is 1.82 bits per heavy atom. The van der Waals surface area contributed by atoms with E-state index in [9.17, 15) is 37.6 Å². The highest BCUT2D eigenvalue weighted by Crippen LogP contribution is 2.57. The molecule has 9 nitrogen and oxygen atoms in total. The van der Waals surface area contributed by atoms with E-state index in [0.29, 0.717) is 4.90 Å². The molecule has 212 valence electrons. The van der Waals surface area contributed by atoms with Crippen LogP contribution in [0.2, 0.25) is 0 Å². The molecule has 3 rings (SSSR count). The van der Waals surface area contributed by atoms with Gasteiger partial charge in [0, 0.05) is 31.3 Å². The number of nitrogens with zero attached hydrogens (tertiary/aromatic N) is 2. The molecule has 2 aliphatic rings. The number of amides is 4. The Bertz CT molecular complexity index is 1230. The van der Waals surface area contributed by atoms with E-state index in [1.165, 1.54) is 18.2 Å². The van der Waals surface area contributed by atoms with E-state index >= 15 is 8.78 Å². The molecular formula is C25H28F5N5O4. The number of likely N-dealkylation sites (N-methyl/N-ethyl adjacent to an activating group) is 1. The highest BCUT2D eigenvalue weighted by atomic mass is 19.4. The lowest BCUT2D eigenvalue weighted by molar-refractivity contribution is -0.177. The molecule has 2 aliphatic heterocycles. The molecule has 39 heavy (non-hydrogen) atoms. The Kier molecular flexibility index (Phi) is 7.71. The van der Waals surface area contributed by atoms with Gasteiger partial charge in [-0.05, 0) is 25.3 Å². The molecule has 0 aromatic heterocycles.